The fourth-order valence-electron chi connectivity index (χ4n) is 2.03. The van der Waals surface area contributed by atoms with E-state index in [1.165, 1.54) is 6.07 Å². The number of aryl methyl sites for hydroxylation is 1. The smallest absolute Gasteiger partial charge is 0.337 e. The highest BCUT2D eigenvalue weighted by atomic mass is 16.5. The van der Waals surface area contributed by atoms with E-state index in [1.54, 1.807) is 0 Å². The van der Waals surface area contributed by atoms with E-state index >= 15 is 0 Å². The lowest BCUT2D eigenvalue weighted by Gasteiger charge is -2.26. The molecule has 22 heavy (non-hydrogen) atoms. The van der Waals surface area contributed by atoms with Crippen molar-refractivity contribution in [1.29, 1.82) is 0 Å². The minimum Gasteiger partial charge on any atom is -0.406 e. The van der Waals surface area contributed by atoms with Crippen LogP contribution in [0.15, 0.2) is 15.3 Å². The highest BCUT2D eigenvalue weighted by Gasteiger charge is 2.28. The van der Waals surface area contributed by atoms with Crippen molar-refractivity contribution in [2.24, 2.45) is 0 Å². The van der Waals surface area contributed by atoms with Gasteiger partial charge in [-0.2, -0.15) is 0 Å². The van der Waals surface area contributed by atoms with Gasteiger partial charge in [0.2, 0.25) is 12.2 Å². The van der Waals surface area contributed by atoms with Crippen molar-refractivity contribution in [2.45, 2.75) is 32.5 Å². The first-order chi connectivity index (χ1) is 10.7. The third kappa shape index (κ3) is 3.87. The van der Waals surface area contributed by atoms with Crippen LogP contribution in [0.4, 0.5) is 5.88 Å². The molecule has 0 fully saturated rings. The number of ether oxygens (including phenoxy) is 1. The average Bonchev–Trinajstić information content (AvgIpc) is 2.49. The Morgan fingerprint density at radius 1 is 1.36 bits per heavy atom. The number of aliphatic hydroxyl groups is 1. The summed E-state index contributed by atoms with van der Waals surface area (Å²) in [5.41, 5.74) is 0.440. The summed E-state index contributed by atoms with van der Waals surface area (Å²) in [6.45, 7) is 2.06. The van der Waals surface area contributed by atoms with Crippen molar-refractivity contribution >= 4 is 11.8 Å². The van der Waals surface area contributed by atoms with E-state index in [9.17, 15) is 9.59 Å². The summed E-state index contributed by atoms with van der Waals surface area (Å²) in [5, 5.41) is 14.1. The molecule has 0 spiro atoms. The largest absolute Gasteiger partial charge is 0.406 e. The predicted molar refractivity (Wildman–Crippen MR) is 79.3 cm³/mol. The van der Waals surface area contributed by atoms with Crippen molar-refractivity contribution in [2.75, 3.05) is 18.5 Å². The Morgan fingerprint density at radius 3 is 2.91 bits per heavy atom. The average molecular weight is 306 g/mol. The molecule has 1 atom stereocenters. The Labute approximate surface area is 127 Å². The third-order valence-electron chi connectivity index (χ3n) is 3.08. The molecule has 1 aromatic heterocycles. The van der Waals surface area contributed by atoms with E-state index in [0.717, 1.165) is 0 Å². The Hall–Kier alpha value is -2.30. The Bertz CT molecular complexity index is 656. The lowest BCUT2D eigenvalue weighted by Crippen LogP contribution is -2.47. The number of carbonyl (C=O) groups is 1. The zero-order valence-electron chi connectivity index (χ0n) is 12.3. The van der Waals surface area contributed by atoms with E-state index < -0.39 is 12.0 Å². The molecule has 0 bridgehead atoms. The number of hydrogen-bond donors (Lipinski definition) is 3. The fraction of sp³-hybridized carbons (Fsp3) is 0.467. The molecule has 7 nitrogen and oxygen atoms in total. The van der Waals surface area contributed by atoms with E-state index in [-0.39, 0.29) is 25.0 Å². The molecule has 0 saturated heterocycles. The van der Waals surface area contributed by atoms with Crippen LogP contribution in [0.2, 0.25) is 0 Å². The van der Waals surface area contributed by atoms with Gasteiger partial charge in [-0.25, -0.2) is 4.79 Å². The predicted octanol–water partition coefficient (Wildman–Crippen LogP) is 0.434. The second kappa shape index (κ2) is 7.64. The van der Waals surface area contributed by atoms with Gasteiger partial charge in [-0.05, 0) is 18.4 Å². The second-order valence-corrected chi connectivity index (χ2v) is 4.64. The molecule has 3 N–H and O–H groups in total. The molecule has 7 heteroatoms. The Morgan fingerprint density at radius 2 is 2.18 bits per heavy atom. The summed E-state index contributed by atoms with van der Waals surface area (Å²) < 4.78 is 10.4. The Balaban J connectivity index is 2.02. The summed E-state index contributed by atoms with van der Waals surface area (Å²) >= 11 is 0. The number of rotatable bonds is 5. The van der Waals surface area contributed by atoms with Gasteiger partial charge in [0.1, 0.15) is 12.2 Å². The minimum atomic E-state index is -0.803. The maximum Gasteiger partial charge on any atom is 0.337 e. The van der Waals surface area contributed by atoms with Gasteiger partial charge in [0.25, 0.3) is 5.91 Å². The zero-order chi connectivity index (χ0) is 15.9. The SMILES string of the molecule is CCc1cc(=O)oc2c1C(=O)NC(OCC#CCCCO)N2. The van der Waals surface area contributed by atoms with Gasteiger partial charge in [-0.1, -0.05) is 12.8 Å². The summed E-state index contributed by atoms with van der Waals surface area (Å²) in [4.78, 5) is 23.6. The van der Waals surface area contributed by atoms with Crippen LogP contribution in [-0.4, -0.2) is 30.6 Å². The highest BCUT2D eigenvalue weighted by Crippen LogP contribution is 2.22. The third-order valence-corrected chi connectivity index (χ3v) is 3.08. The number of aliphatic hydroxyl groups excluding tert-OH is 1. The van der Waals surface area contributed by atoms with Gasteiger partial charge in [-0.15, -0.1) is 5.92 Å². The number of hydrogen-bond acceptors (Lipinski definition) is 6. The lowest BCUT2D eigenvalue weighted by atomic mass is 10.1. The molecule has 0 radical (unpaired) electrons. The van der Waals surface area contributed by atoms with Crippen molar-refractivity contribution in [3.05, 3.63) is 27.6 Å². The summed E-state index contributed by atoms with van der Waals surface area (Å²) in [6, 6.07) is 1.31. The molecule has 1 aliphatic rings. The molecule has 1 unspecified atom stereocenters. The summed E-state index contributed by atoms with van der Waals surface area (Å²) in [5.74, 6) is 5.37. The summed E-state index contributed by atoms with van der Waals surface area (Å²) in [7, 11) is 0. The normalized spacial score (nSPS) is 16.1. The number of amides is 1. The first-order valence-corrected chi connectivity index (χ1v) is 7.08. The molecular weight excluding hydrogens is 288 g/mol. The van der Waals surface area contributed by atoms with Crippen molar-refractivity contribution < 1.29 is 19.1 Å². The molecule has 0 saturated carbocycles. The van der Waals surface area contributed by atoms with E-state index in [2.05, 4.69) is 22.5 Å². The fourth-order valence-corrected chi connectivity index (χ4v) is 2.03. The van der Waals surface area contributed by atoms with E-state index in [4.69, 9.17) is 14.3 Å². The van der Waals surface area contributed by atoms with Gasteiger partial charge in [0.15, 0.2) is 0 Å². The van der Waals surface area contributed by atoms with Crippen LogP contribution >= 0.6 is 0 Å². The number of carbonyl (C=O) groups excluding carboxylic acids is 1. The molecule has 1 aromatic rings. The second-order valence-electron chi connectivity index (χ2n) is 4.64. The van der Waals surface area contributed by atoms with Crippen LogP contribution in [-0.2, 0) is 11.2 Å². The number of nitrogens with one attached hydrogen (secondary N) is 2. The zero-order valence-corrected chi connectivity index (χ0v) is 12.3. The first kappa shape index (κ1) is 16.1. The van der Waals surface area contributed by atoms with Crippen LogP contribution in [0.25, 0.3) is 0 Å². The standard InChI is InChI=1S/C15H18N2O5/c1-2-10-9-11(19)22-14-12(10)13(20)16-15(17-14)21-8-6-4-3-5-7-18/h9,15,17-18H,2-3,5,7-8H2,1H3,(H,16,20). The maximum atomic E-state index is 12.1. The molecule has 0 aromatic carbocycles. The van der Waals surface area contributed by atoms with E-state index in [1.807, 2.05) is 6.92 Å². The molecule has 118 valence electrons. The minimum absolute atomic E-state index is 0.103. The van der Waals surface area contributed by atoms with Crippen LogP contribution < -0.4 is 16.3 Å². The van der Waals surface area contributed by atoms with Gasteiger partial charge in [0.05, 0.1) is 0 Å². The van der Waals surface area contributed by atoms with Crippen LogP contribution in [0, 0.1) is 11.8 Å². The number of anilines is 1. The molecule has 1 aliphatic heterocycles. The van der Waals surface area contributed by atoms with Crippen molar-refractivity contribution in [3.8, 4) is 11.8 Å². The van der Waals surface area contributed by atoms with Crippen molar-refractivity contribution in [3.63, 3.8) is 0 Å². The van der Waals surface area contributed by atoms with Gasteiger partial charge < -0.3 is 24.9 Å². The van der Waals surface area contributed by atoms with Crippen LogP contribution in [0.3, 0.4) is 0 Å². The monoisotopic (exact) mass is 306 g/mol. The molecule has 1 amide bonds. The number of unbranched alkanes of at least 4 members (excludes halogenated alkanes) is 1. The van der Waals surface area contributed by atoms with Gasteiger partial charge >= 0.3 is 5.63 Å². The van der Waals surface area contributed by atoms with Crippen LogP contribution in [0.5, 0.6) is 0 Å². The topological polar surface area (TPSA) is 101 Å². The highest BCUT2D eigenvalue weighted by molar-refractivity contribution is 6.01. The van der Waals surface area contributed by atoms with Crippen molar-refractivity contribution in [1.82, 2.24) is 5.32 Å². The lowest BCUT2D eigenvalue weighted by molar-refractivity contribution is 0.0535. The van der Waals surface area contributed by atoms with Gasteiger partial charge in [-0.3, -0.25) is 4.79 Å². The summed E-state index contributed by atoms with van der Waals surface area (Å²) in [6.07, 6.45) is 0.943. The molecule has 0 aliphatic carbocycles. The number of fused-ring (bicyclic) bond motifs is 1. The quantitative estimate of drug-likeness (QED) is 0.539. The molecule has 2 heterocycles. The Kier molecular flexibility index (Phi) is 5.58. The first-order valence-electron chi connectivity index (χ1n) is 7.08. The van der Waals surface area contributed by atoms with E-state index in [0.29, 0.717) is 30.4 Å². The van der Waals surface area contributed by atoms with Crippen LogP contribution in [0.1, 0.15) is 35.7 Å². The van der Waals surface area contributed by atoms with Gasteiger partial charge in [0, 0.05) is 19.1 Å². The molecular formula is C15H18N2O5. The maximum absolute atomic E-state index is 12.1. The molecule has 2 rings (SSSR count).